The fourth-order valence-electron chi connectivity index (χ4n) is 4.89. The minimum absolute atomic E-state index is 0.0355. The van der Waals surface area contributed by atoms with Crippen molar-refractivity contribution in [2.24, 2.45) is 11.8 Å². The van der Waals surface area contributed by atoms with Gasteiger partial charge in [-0.25, -0.2) is 0 Å². The lowest BCUT2D eigenvalue weighted by Gasteiger charge is -2.28. The summed E-state index contributed by atoms with van der Waals surface area (Å²) < 4.78 is 5.02. The zero-order valence-electron chi connectivity index (χ0n) is 19.2. The van der Waals surface area contributed by atoms with Gasteiger partial charge in [0, 0.05) is 31.1 Å². The first-order valence-electron chi connectivity index (χ1n) is 12.5. The highest BCUT2D eigenvalue weighted by Crippen LogP contribution is 2.39. The molecule has 0 saturated carbocycles. The number of likely N-dealkylation sites (tertiary alicyclic amines) is 1. The molecule has 2 rings (SSSR count). The summed E-state index contributed by atoms with van der Waals surface area (Å²) in [5.74, 6) is 1.38. The Bertz CT molecular complexity index is 505. The number of hydrogen-bond acceptors (Lipinski definition) is 3. The minimum Gasteiger partial charge on any atom is -0.466 e. The van der Waals surface area contributed by atoms with E-state index in [1.165, 1.54) is 83.7 Å². The van der Waals surface area contributed by atoms with Crippen molar-refractivity contribution in [2.45, 2.75) is 104 Å². The molecular weight excluding hydrogens is 358 g/mol. The Kier molecular flexibility index (Phi) is 12.2. The average Bonchev–Trinajstić information content (AvgIpc) is 3.37. The van der Waals surface area contributed by atoms with Crippen LogP contribution in [0.5, 0.6) is 0 Å². The van der Waals surface area contributed by atoms with E-state index in [0.29, 0.717) is 24.9 Å². The second-order valence-electron chi connectivity index (χ2n) is 8.86. The molecule has 0 unspecified atom stereocenters. The van der Waals surface area contributed by atoms with Gasteiger partial charge in [-0.15, -0.1) is 0 Å². The summed E-state index contributed by atoms with van der Waals surface area (Å²) in [4.78, 5) is 14.1. The van der Waals surface area contributed by atoms with Crippen LogP contribution in [-0.2, 0) is 9.53 Å². The molecule has 0 amide bonds. The van der Waals surface area contributed by atoms with Crippen molar-refractivity contribution in [3.8, 4) is 0 Å². The molecule has 29 heavy (non-hydrogen) atoms. The van der Waals surface area contributed by atoms with E-state index in [4.69, 9.17) is 4.74 Å². The van der Waals surface area contributed by atoms with Gasteiger partial charge in [-0.2, -0.15) is 0 Å². The van der Waals surface area contributed by atoms with E-state index >= 15 is 0 Å². The van der Waals surface area contributed by atoms with E-state index in [1.807, 2.05) is 6.92 Å². The number of unbranched alkanes of at least 4 members (excludes halogenated alkanes) is 7. The van der Waals surface area contributed by atoms with Crippen LogP contribution in [0.3, 0.4) is 0 Å². The van der Waals surface area contributed by atoms with Crippen molar-refractivity contribution in [3.63, 3.8) is 0 Å². The van der Waals surface area contributed by atoms with Gasteiger partial charge in [0.15, 0.2) is 0 Å². The van der Waals surface area contributed by atoms with Gasteiger partial charge in [0.05, 0.1) is 6.61 Å². The average molecular weight is 404 g/mol. The van der Waals surface area contributed by atoms with Gasteiger partial charge in [-0.05, 0) is 57.8 Å². The number of hydrogen-bond donors (Lipinski definition) is 0. The first kappa shape index (κ1) is 24.0. The zero-order chi connectivity index (χ0) is 20.7. The van der Waals surface area contributed by atoms with Gasteiger partial charge >= 0.3 is 5.97 Å². The predicted molar refractivity (Wildman–Crippen MR) is 123 cm³/mol. The third kappa shape index (κ3) is 8.97. The fraction of sp³-hybridized carbons (Fsp3) is 0.808. The van der Waals surface area contributed by atoms with Crippen molar-refractivity contribution in [1.82, 2.24) is 4.90 Å². The van der Waals surface area contributed by atoms with Crippen LogP contribution in [0.1, 0.15) is 104 Å². The molecule has 0 bridgehead atoms. The Balaban J connectivity index is 1.74. The quantitative estimate of drug-likeness (QED) is 0.167. The first-order chi connectivity index (χ1) is 14.3. The smallest absolute Gasteiger partial charge is 0.305 e. The molecule has 3 nitrogen and oxygen atoms in total. The van der Waals surface area contributed by atoms with E-state index in [0.717, 1.165) is 12.8 Å². The van der Waals surface area contributed by atoms with Gasteiger partial charge in [0.1, 0.15) is 0 Å². The largest absolute Gasteiger partial charge is 0.466 e. The Morgan fingerprint density at radius 2 is 1.83 bits per heavy atom. The van der Waals surface area contributed by atoms with Crippen LogP contribution in [0.4, 0.5) is 0 Å². The molecule has 0 aromatic rings. The van der Waals surface area contributed by atoms with Crippen LogP contribution in [0.2, 0.25) is 0 Å². The van der Waals surface area contributed by atoms with Crippen LogP contribution < -0.4 is 0 Å². The highest BCUT2D eigenvalue weighted by molar-refractivity contribution is 5.69. The number of rotatable bonds is 15. The molecule has 2 aliphatic rings. The Morgan fingerprint density at radius 3 is 2.59 bits per heavy atom. The molecule has 0 spiro atoms. The highest BCUT2D eigenvalue weighted by Gasteiger charge is 2.31. The zero-order valence-corrected chi connectivity index (χ0v) is 19.2. The molecule has 1 fully saturated rings. The third-order valence-electron chi connectivity index (χ3n) is 6.53. The van der Waals surface area contributed by atoms with Gasteiger partial charge in [-0.1, -0.05) is 63.7 Å². The number of nitrogens with zero attached hydrogens (tertiary/aromatic N) is 1. The number of esters is 1. The number of carbonyl (C=O) groups excluding carboxylic acids is 1. The SMILES string of the molecule is CCCCCC/C=C/[C@H]1CC=C(N2CCCC2)[C@@H]1CCCCCCC(=O)OCC. The molecule has 1 aliphatic carbocycles. The van der Waals surface area contributed by atoms with E-state index < -0.39 is 0 Å². The molecular formula is C26H45NO2. The Labute approximate surface area is 180 Å². The second kappa shape index (κ2) is 14.7. The normalized spacial score (nSPS) is 21.9. The molecule has 0 aromatic heterocycles. The van der Waals surface area contributed by atoms with Gasteiger partial charge in [-0.3, -0.25) is 4.79 Å². The summed E-state index contributed by atoms with van der Waals surface area (Å²) in [6.45, 7) is 7.17. The Hall–Kier alpha value is -1.25. The van der Waals surface area contributed by atoms with E-state index in [-0.39, 0.29) is 5.97 Å². The van der Waals surface area contributed by atoms with E-state index in [9.17, 15) is 4.79 Å². The summed E-state index contributed by atoms with van der Waals surface area (Å²) in [7, 11) is 0. The van der Waals surface area contributed by atoms with Gasteiger partial charge in [0.2, 0.25) is 0 Å². The lowest BCUT2D eigenvalue weighted by Crippen LogP contribution is -2.24. The van der Waals surface area contributed by atoms with E-state index in [1.54, 1.807) is 5.70 Å². The van der Waals surface area contributed by atoms with Crippen LogP contribution in [0.15, 0.2) is 23.9 Å². The maximum Gasteiger partial charge on any atom is 0.305 e. The second-order valence-corrected chi connectivity index (χ2v) is 8.86. The van der Waals surface area contributed by atoms with Crippen LogP contribution in [0.25, 0.3) is 0 Å². The molecule has 1 heterocycles. The van der Waals surface area contributed by atoms with Gasteiger partial charge < -0.3 is 9.64 Å². The predicted octanol–water partition coefficient (Wildman–Crippen LogP) is 7.03. The van der Waals surface area contributed by atoms with Crippen LogP contribution >= 0.6 is 0 Å². The van der Waals surface area contributed by atoms with Crippen LogP contribution in [0, 0.1) is 11.8 Å². The number of ether oxygens (including phenoxy) is 1. The Morgan fingerprint density at radius 1 is 1.07 bits per heavy atom. The number of allylic oxidation sites excluding steroid dienone is 4. The fourth-order valence-corrected chi connectivity index (χ4v) is 4.89. The third-order valence-corrected chi connectivity index (χ3v) is 6.53. The van der Waals surface area contributed by atoms with Crippen molar-refractivity contribution in [2.75, 3.05) is 19.7 Å². The van der Waals surface area contributed by atoms with Crippen LogP contribution in [-0.4, -0.2) is 30.6 Å². The maximum absolute atomic E-state index is 11.5. The summed E-state index contributed by atoms with van der Waals surface area (Å²) in [6, 6.07) is 0. The monoisotopic (exact) mass is 403 g/mol. The lowest BCUT2D eigenvalue weighted by atomic mass is 9.87. The molecule has 0 radical (unpaired) electrons. The molecule has 0 N–H and O–H groups in total. The highest BCUT2D eigenvalue weighted by atomic mass is 16.5. The summed E-state index contributed by atoms with van der Waals surface area (Å²) >= 11 is 0. The molecule has 0 aromatic carbocycles. The molecule has 1 saturated heterocycles. The topological polar surface area (TPSA) is 29.5 Å². The standard InChI is InChI=1S/C26H45NO2/c1-3-5-6-7-8-11-16-23-19-20-25(27-21-14-15-22-27)24(23)17-12-9-10-13-18-26(28)29-4-2/h11,16,20,23-24H,3-10,12-15,17-19,21-22H2,1-2H3/b16-11+/t23-,24+/m0/s1. The summed E-state index contributed by atoms with van der Waals surface area (Å²) in [5, 5.41) is 0. The van der Waals surface area contributed by atoms with Crippen molar-refractivity contribution in [1.29, 1.82) is 0 Å². The molecule has 2 atom stereocenters. The molecule has 3 heteroatoms. The molecule has 166 valence electrons. The summed E-state index contributed by atoms with van der Waals surface area (Å²) in [5.41, 5.74) is 1.65. The van der Waals surface area contributed by atoms with Crippen molar-refractivity contribution in [3.05, 3.63) is 23.9 Å². The number of carbonyl (C=O) groups is 1. The van der Waals surface area contributed by atoms with Crippen molar-refractivity contribution < 1.29 is 9.53 Å². The maximum atomic E-state index is 11.5. The van der Waals surface area contributed by atoms with Crippen molar-refractivity contribution >= 4 is 5.97 Å². The minimum atomic E-state index is -0.0355. The molecule has 1 aliphatic heterocycles. The lowest BCUT2D eigenvalue weighted by molar-refractivity contribution is -0.143. The first-order valence-corrected chi connectivity index (χ1v) is 12.5. The van der Waals surface area contributed by atoms with Gasteiger partial charge in [0.25, 0.3) is 0 Å². The summed E-state index contributed by atoms with van der Waals surface area (Å²) in [6.07, 6.45) is 24.6. The van der Waals surface area contributed by atoms with E-state index in [2.05, 4.69) is 30.1 Å².